The number of aromatic hydroxyl groups is 4. The monoisotopic (exact) mass is 490 g/mol. The number of rotatable bonds is 4. The molecule has 0 aliphatic carbocycles. The molecule has 1 aromatic heterocycles. The first-order valence-corrected chi connectivity index (χ1v) is 10.4. The Morgan fingerprint density at radius 3 is 2.34 bits per heavy atom. The Hall–Kier alpha value is -3.84. The van der Waals surface area contributed by atoms with Gasteiger partial charge in [-0.1, -0.05) is 6.07 Å². The van der Waals surface area contributed by atoms with Gasteiger partial charge < -0.3 is 49.6 Å². The number of esters is 1. The smallest absolute Gasteiger partial charge is 0.302 e. The van der Waals surface area contributed by atoms with Gasteiger partial charge in [-0.2, -0.15) is 0 Å². The van der Waals surface area contributed by atoms with Gasteiger partial charge in [-0.25, -0.2) is 0 Å². The summed E-state index contributed by atoms with van der Waals surface area (Å²) < 4.78 is 15.8. The van der Waals surface area contributed by atoms with Crippen molar-refractivity contribution in [3.63, 3.8) is 0 Å². The number of hydrogen-bond acceptors (Lipinski definition) is 12. The first-order chi connectivity index (χ1) is 16.5. The molecule has 186 valence electrons. The van der Waals surface area contributed by atoms with E-state index >= 15 is 0 Å². The number of fused-ring (bicyclic) bond motifs is 1. The van der Waals surface area contributed by atoms with Gasteiger partial charge in [0.05, 0.1) is 11.1 Å². The fourth-order valence-corrected chi connectivity index (χ4v) is 3.97. The highest BCUT2D eigenvalue weighted by atomic mass is 16.6. The summed E-state index contributed by atoms with van der Waals surface area (Å²) in [5.74, 6) is -3.08. The number of aliphatic hydroxyl groups is 3. The van der Waals surface area contributed by atoms with Crippen molar-refractivity contribution in [1.82, 2.24) is 0 Å². The summed E-state index contributed by atoms with van der Waals surface area (Å²) >= 11 is 0. The molecule has 5 atom stereocenters. The van der Waals surface area contributed by atoms with Crippen LogP contribution in [0.4, 0.5) is 0 Å². The highest BCUT2D eigenvalue weighted by Crippen LogP contribution is 2.44. The van der Waals surface area contributed by atoms with E-state index in [0.29, 0.717) is 0 Å². The second-order valence-corrected chi connectivity index (χ2v) is 8.08. The average molecular weight is 490 g/mol. The average Bonchev–Trinajstić information content (AvgIpc) is 2.80. The lowest BCUT2D eigenvalue weighted by molar-refractivity contribution is -0.234. The highest BCUT2D eigenvalue weighted by Gasteiger charge is 2.46. The first kappa shape index (κ1) is 24.3. The summed E-state index contributed by atoms with van der Waals surface area (Å²) in [5.41, 5.74) is -1.42. The topological polar surface area (TPSA) is 207 Å². The van der Waals surface area contributed by atoms with Crippen molar-refractivity contribution in [2.45, 2.75) is 37.4 Å². The molecule has 1 aliphatic rings. The predicted molar refractivity (Wildman–Crippen MR) is 117 cm³/mol. The minimum Gasteiger partial charge on any atom is -0.507 e. The van der Waals surface area contributed by atoms with Crippen LogP contribution in [-0.2, 0) is 14.3 Å². The largest absolute Gasteiger partial charge is 0.507 e. The zero-order chi connectivity index (χ0) is 25.6. The van der Waals surface area contributed by atoms with Crippen LogP contribution in [0.2, 0.25) is 0 Å². The minimum absolute atomic E-state index is 0.104. The number of benzene rings is 2. The Labute approximate surface area is 196 Å². The van der Waals surface area contributed by atoms with E-state index in [1.807, 2.05) is 0 Å². The zero-order valence-corrected chi connectivity index (χ0v) is 18.2. The van der Waals surface area contributed by atoms with Crippen LogP contribution in [0.1, 0.15) is 18.6 Å². The van der Waals surface area contributed by atoms with Crippen molar-refractivity contribution in [1.29, 1.82) is 0 Å². The number of carbonyl (C=O) groups is 1. The Bertz CT molecular complexity index is 1350. The van der Waals surface area contributed by atoms with Gasteiger partial charge in [-0.15, -0.1) is 0 Å². The van der Waals surface area contributed by atoms with Gasteiger partial charge in [-0.3, -0.25) is 9.59 Å². The molecule has 3 aromatic rings. The van der Waals surface area contributed by atoms with Crippen molar-refractivity contribution in [3.05, 3.63) is 46.3 Å². The molecular weight excluding hydrogens is 468 g/mol. The quantitative estimate of drug-likeness (QED) is 0.195. The maximum Gasteiger partial charge on any atom is 0.302 e. The van der Waals surface area contributed by atoms with Crippen LogP contribution >= 0.6 is 0 Å². The van der Waals surface area contributed by atoms with Crippen LogP contribution in [0, 0.1) is 0 Å². The van der Waals surface area contributed by atoms with E-state index < -0.39 is 82.5 Å². The lowest BCUT2D eigenvalue weighted by atomic mass is 9.89. The van der Waals surface area contributed by atoms with Gasteiger partial charge in [0, 0.05) is 13.0 Å². The van der Waals surface area contributed by atoms with E-state index in [1.165, 1.54) is 6.07 Å². The van der Waals surface area contributed by atoms with Crippen LogP contribution in [0.15, 0.2) is 39.7 Å². The Morgan fingerprint density at radius 2 is 1.69 bits per heavy atom. The molecule has 0 radical (unpaired) electrons. The van der Waals surface area contributed by atoms with Crippen LogP contribution in [0.25, 0.3) is 22.1 Å². The summed E-state index contributed by atoms with van der Waals surface area (Å²) in [6, 6.07) is 4.59. The number of phenols is 4. The molecule has 12 nitrogen and oxygen atoms in total. The molecule has 1 saturated heterocycles. The second kappa shape index (κ2) is 9.07. The van der Waals surface area contributed by atoms with Gasteiger partial charge in [0.2, 0.25) is 5.43 Å². The van der Waals surface area contributed by atoms with E-state index in [2.05, 4.69) is 0 Å². The summed E-state index contributed by atoms with van der Waals surface area (Å²) in [5, 5.41) is 71.4. The SMILES string of the molecule is CC(=O)OCC1O[C@@H](c2c(O)cc3occ(-c4ccc(O)c(O)c4)c(=O)c3c2O)C(O)[C@@H](O)[C@@H]1O. The van der Waals surface area contributed by atoms with E-state index in [4.69, 9.17) is 13.9 Å². The molecule has 2 heterocycles. The lowest BCUT2D eigenvalue weighted by Crippen LogP contribution is -2.55. The molecule has 1 fully saturated rings. The molecule has 0 saturated carbocycles. The van der Waals surface area contributed by atoms with Gasteiger partial charge in [0.15, 0.2) is 11.5 Å². The van der Waals surface area contributed by atoms with E-state index in [9.17, 15) is 45.3 Å². The fraction of sp³-hybridized carbons (Fsp3) is 0.304. The molecule has 12 heteroatoms. The summed E-state index contributed by atoms with van der Waals surface area (Å²) in [4.78, 5) is 24.4. The molecule has 35 heavy (non-hydrogen) atoms. The summed E-state index contributed by atoms with van der Waals surface area (Å²) in [6.45, 7) is 0.617. The van der Waals surface area contributed by atoms with Crippen LogP contribution in [0.3, 0.4) is 0 Å². The zero-order valence-electron chi connectivity index (χ0n) is 18.2. The van der Waals surface area contributed by atoms with Crippen molar-refractivity contribution < 1.29 is 54.4 Å². The second-order valence-electron chi connectivity index (χ2n) is 8.08. The molecule has 0 bridgehead atoms. The number of aliphatic hydroxyl groups excluding tert-OH is 3. The Morgan fingerprint density at radius 1 is 0.971 bits per heavy atom. The van der Waals surface area contributed by atoms with Crippen molar-refractivity contribution in [3.8, 4) is 34.1 Å². The van der Waals surface area contributed by atoms with Crippen LogP contribution < -0.4 is 5.43 Å². The third-order valence-corrected chi connectivity index (χ3v) is 5.79. The minimum atomic E-state index is -1.85. The van der Waals surface area contributed by atoms with Gasteiger partial charge in [-0.05, 0) is 17.7 Å². The van der Waals surface area contributed by atoms with Gasteiger partial charge in [0.25, 0.3) is 0 Å². The molecule has 0 spiro atoms. The molecule has 2 unspecified atom stereocenters. The fourth-order valence-electron chi connectivity index (χ4n) is 3.97. The number of phenolic OH excluding ortho intramolecular Hbond substituents is 4. The molecule has 0 amide bonds. The van der Waals surface area contributed by atoms with E-state index in [1.54, 1.807) is 0 Å². The molecular formula is C23H22O12. The Kier molecular flexibility index (Phi) is 6.30. The molecule has 7 N–H and O–H groups in total. The van der Waals surface area contributed by atoms with Crippen LogP contribution in [-0.4, -0.2) is 72.7 Å². The maximum atomic E-state index is 13.2. The number of hydrogen-bond donors (Lipinski definition) is 7. The van der Waals surface area contributed by atoms with E-state index in [0.717, 1.165) is 31.4 Å². The molecule has 1 aliphatic heterocycles. The van der Waals surface area contributed by atoms with Crippen molar-refractivity contribution >= 4 is 16.9 Å². The first-order valence-electron chi connectivity index (χ1n) is 10.4. The Balaban J connectivity index is 1.84. The van der Waals surface area contributed by atoms with Crippen LogP contribution in [0.5, 0.6) is 23.0 Å². The standard InChI is InChI=1S/C23H22O12/c1-8(24)33-7-15-19(29)21(31)22(32)23(35-15)16-13(27)5-14-17(20(16)30)18(28)10(6-34-14)9-2-3-11(25)12(26)4-9/h2-6,15,19,21-23,25-27,29-32H,7H2,1H3/t15?,19-,21+,22?,23+/m1/s1. The molecule has 4 rings (SSSR count). The third kappa shape index (κ3) is 4.23. The van der Waals surface area contributed by atoms with Crippen molar-refractivity contribution in [2.75, 3.05) is 6.61 Å². The molecule has 2 aromatic carbocycles. The van der Waals surface area contributed by atoms with Crippen molar-refractivity contribution in [2.24, 2.45) is 0 Å². The number of ether oxygens (including phenoxy) is 2. The third-order valence-electron chi connectivity index (χ3n) is 5.79. The number of carbonyl (C=O) groups excluding carboxylic acids is 1. The normalized spacial score (nSPS) is 24.4. The predicted octanol–water partition coefficient (Wildman–Crippen LogP) is 0.368. The van der Waals surface area contributed by atoms with E-state index in [-0.39, 0.29) is 16.7 Å². The van der Waals surface area contributed by atoms with Gasteiger partial charge >= 0.3 is 5.97 Å². The van der Waals surface area contributed by atoms with Gasteiger partial charge in [0.1, 0.15) is 65.9 Å². The lowest BCUT2D eigenvalue weighted by Gasteiger charge is -2.40. The summed E-state index contributed by atoms with van der Waals surface area (Å²) in [7, 11) is 0. The summed E-state index contributed by atoms with van der Waals surface area (Å²) in [6.07, 6.45) is -7.26. The maximum absolute atomic E-state index is 13.2. The highest BCUT2D eigenvalue weighted by molar-refractivity contribution is 5.90.